The van der Waals surface area contributed by atoms with Gasteiger partial charge in [0, 0.05) is 5.69 Å². The molecule has 2 unspecified atom stereocenters. The number of aryl methyl sites for hydroxylation is 1. The number of carbonyl (C=O) groups is 1. The number of benzene rings is 1. The molecule has 0 saturated carbocycles. The minimum atomic E-state index is -0.130. The molecule has 0 aliphatic rings. The zero-order valence-corrected chi connectivity index (χ0v) is 16.3. The average Bonchev–Trinajstić information content (AvgIpc) is 2.93. The molecule has 0 radical (unpaired) electrons. The van der Waals surface area contributed by atoms with Crippen LogP contribution in [-0.2, 0) is 0 Å². The summed E-state index contributed by atoms with van der Waals surface area (Å²) in [6, 6.07) is 7.95. The van der Waals surface area contributed by atoms with Crippen molar-refractivity contribution in [2.24, 2.45) is 0 Å². The molecule has 1 aromatic heterocycles. The van der Waals surface area contributed by atoms with Gasteiger partial charge in [-0.25, -0.2) is 4.68 Å². The second kappa shape index (κ2) is 8.32. The van der Waals surface area contributed by atoms with Crippen LogP contribution in [0, 0.1) is 13.8 Å². The van der Waals surface area contributed by atoms with Crippen molar-refractivity contribution in [1.29, 1.82) is 0 Å². The molecule has 2 aromatic rings. The summed E-state index contributed by atoms with van der Waals surface area (Å²) in [4.78, 5) is 12.6. The number of carbonyl (C=O) groups excluding carboxylic acids is 1. The van der Waals surface area contributed by atoms with Crippen LogP contribution in [-0.4, -0.2) is 22.3 Å². The lowest BCUT2D eigenvalue weighted by Crippen LogP contribution is -2.22. The highest BCUT2D eigenvalue weighted by atomic mass is 16.5. The topological polar surface area (TPSA) is 44.1 Å². The van der Waals surface area contributed by atoms with E-state index in [1.54, 1.807) is 0 Å². The van der Waals surface area contributed by atoms with Crippen molar-refractivity contribution in [2.75, 3.05) is 6.61 Å². The average molecular weight is 342 g/mol. The molecule has 0 amide bonds. The molecule has 4 nitrogen and oxygen atoms in total. The summed E-state index contributed by atoms with van der Waals surface area (Å²) in [6.45, 7) is 12.6. The molecule has 25 heavy (non-hydrogen) atoms. The number of para-hydroxylation sites is 1. The zero-order valence-electron chi connectivity index (χ0n) is 16.3. The molecular weight excluding hydrogens is 312 g/mol. The quantitative estimate of drug-likeness (QED) is 0.690. The number of ether oxygens (including phenoxy) is 1. The number of hydrogen-bond acceptors (Lipinski definition) is 3. The van der Waals surface area contributed by atoms with Crippen LogP contribution < -0.4 is 4.74 Å². The van der Waals surface area contributed by atoms with Gasteiger partial charge in [-0.15, -0.1) is 0 Å². The maximum absolute atomic E-state index is 12.6. The van der Waals surface area contributed by atoms with Crippen LogP contribution >= 0.6 is 0 Å². The number of nitrogens with zero attached hydrogens (tertiary/aromatic N) is 2. The summed E-state index contributed by atoms with van der Waals surface area (Å²) >= 11 is 0. The van der Waals surface area contributed by atoms with Crippen LogP contribution in [0.2, 0.25) is 0 Å². The van der Waals surface area contributed by atoms with Gasteiger partial charge < -0.3 is 4.74 Å². The van der Waals surface area contributed by atoms with E-state index in [0.717, 1.165) is 35.5 Å². The lowest BCUT2D eigenvalue weighted by molar-refractivity contribution is 0.0817. The Morgan fingerprint density at radius 2 is 1.76 bits per heavy atom. The van der Waals surface area contributed by atoms with E-state index in [9.17, 15) is 4.79 Å². The summed E-state index contributed by atoms with van der Waals surface area (Å²) < 4.78 is 7.36. The van der Waals surface area contributed by atoms with Crippen molar-refractivity contribution in [1.82, 2.24) is 9.78 Å². The first-order valence-corrected chi connectivity index (χ1v) is 9.21. The first-order chi connectivity index (χ1) is 11.9. The van der Waals surface area contributed by atoms with E-state index in [0.29, 0.717) is 11.8 Å². The number of rotatable bonds is 7. The van der Waals surface area contributed by atoms with Crippen LogP contribution in [0.1, 0.15) is 79.7 Å². The van der Waals surface area contributed by atoms with Gasteiger partial charge in [-0.2, -0.15) is 5.10 Å². The third-order valence-corrected chi connectivity index (χ3v) is 5.10. The highest BCUT2D eigenvalue weighted by Gasteiger charge is 2.20. The van der Waals surface area contributed by atoms with Gasteiger partial charge in [0.05, 0.1) is 5.69 Å². The molecule has 0 fully saturated rings. The summed E-state index contributed by atoms with van der Waals surface area (Å²) in [5.41, 5.74) is 4.18. The van der Waals surface area contributed by atoms with Gasteiger partial charge in [-0.3, -0.25) is 4.79 Å². The van der Waals surface area contributed by atoms with E-state index in [-0.39, 0.29) is 12.5 Å². The van der Waals surface area contributed by atoms with Crippen molar-refractivity contribution in [3.63, 3.8) is 0 Å². The Labute approximate surface area is 151 Å². The van der Waals surface area contributed by atoms with Crippen LogP contribution in [0.5, 0.6) is 5.75 Å². The highest BCUT2D eigenvalue weighted by molar-refractivity contribution is 5.80. The maximum atomic E-state index is 12.6. The molecule has 0 spiro atoms. The van der Waals surface area contributed by atoms with E-state index in [1.807, 2.05) is 32.0 Å². The van der Waals surface area contributed by atoms with Crippen LogP contribution in [0.3, 0.4) is 0 Å². The molecule has 2 rings (SSSR count). The van der Waals surface area contributed by atoms with Crippen molar-refractivity contribution < 1.29 is 9.53 Å². The van der Waals surface area contributed by atoms with Gasteiger partial charge >= 0.3 is 0 Å². The normalized spacial score (nSPS) is 13.5. The Morgan fingerprint density at radius 3 is 2.40 bits per heavy atom. The smallest absolute Gasteiger partial charge is 0.284 e. The summed E-state index contributed by atoms with van der Waals surface area (Å²) in [5, 5.41) is 4.45. The van der Waals surface area contributed by atoms with Crippen molar-refractivity contribution in [3.8, 4) is 5.75 Å². The number of hydrogen-bond donors (Lipinski definition) is 0. The van der Waals surface area contributed by atoms with E-state index < -0.39 is 0 Å². The van der Waals surface area contributed by atoms with Gasteiger partial charge in [0.2, 0.25) is 0 Å². The van der Waals surface area contributed by atoms with Gasteiger partial charge in [0.1, 0.15) is 5.75 Å². The van der Waals surface area contributed by atoms with Gasteiger partial charge in [-0.1, -0.05) is 45.9 Å². The predicted molar refractivity (Wildman–Crippen MR) is 102 cm³/mol. The fourth-order valence-corrected chi connectivity index (χ4v) is 3.25. The molecule has 0 bridgehead atoms. The summed E-state index contributed by atoms with van der Waals surface area (Å²) in [6.07, 6.45) is 2.06. The van der Waals surface area contributed by atoms with E-state index in [2.05, 4.69) is 38.9 Å². The molecule has 0 aliphatic carbocycles. The van der Waals surface area contributed by atoms with E-state index in [4.69, 9.17) is 4.74 Å². The molecule has 0 N–H and O–H groups in total. The standard InChI is InChI=1S/C21H30N2O2/c1-7-14(3)18-11-9-10-12-19(18)25-13-20(24)23-17(6)21(15(4)8-2)16(5)22-23/h9-12,14-15H,7-8,13H2,1-6H3. The highest BCUT2D eigenvalue weighted by Crippen LogP contribution is 2.29. The largest absolute Gasteiger partial charge is 0.483 e. The Kier molecular flexibility index (Phi) is 6.40. The minimum absolute atomic E-state index is 0.00461. The minimum Gasteiger partial charge on any atom is -0.483 e. The van der Waals surface area contributed by atoms with E-state index in [1.165, 1.54) is 10.2 Å². The first kappa shape index (κ1) is 19.2. The Balaban J connectivity index is 2.17. The molecule has 1 aromatic carbocycles. The number of aromatic nitrogens is 2. The third-order valence-electron chi connectivity index (χ3n) is 5.10. The van der Waals surface area contributed by atoms with Crippen molar-refractivity contribution >= 4 is 5.91 Å². The van der Waals surface area contributed by atoms with Crippen molar-refractivity contribution in [3.05, 3.63) is 46.8 Å². The Bertz CT molecular complexity index is 733. The molecule has 136 valence electrons. The predicted octanol–water partition coefficient (Wildman–Crippen LogP) is 5.25. The fraction of sp³-hybridized carbons (Fsp3) is 0.524. The van der Waals surface area contributed by atoms with Gasteiger partial charge in [0.25, 0.3) is 5.91 Å². The monoisotopic (exact) mass is 342 g/mol. The molecule has 4 heteroatoms. The Morgan fingerprint density at radius 1 is 1.12 bits per heavy atom. The van der Waals surface area contributed by atoms with Crippen LogP contribution in [0.25, 0.3) is 0 Å². The lowest BCUT2D eigenvalue weighted by atomic mass is 9.97. The van der Waals surface area contributed by atoms with Crippen molar-refractivity contribution in [2.45, 2.75) is 66.2 Å². The first-order valence-electron chi connectivity index (χ1n) is 9.21. The third kappa shape index (κ3) is 4.12. The van der Waals surface area contributed by atoms with E-state index >= 15 is 0 Å². The van der Waals surface area contributed by atoms with Gasteiger partial charge in [0.15, 0.2) is 6.61 Å². The van der Waals surface area contributed by atoms with Gasteiger partial charge in [-0.05, 0) is 55.7 Å². The van der Waals surface area contributed by atoms with Crippen LogP contribution in [0.4, 0.5) is 0 Å². The Hall–Kier alpha value is -2.10. The molecular formula is C21H30N2O2. The summed E-state index contributed by atoms with van der Waals surface area (Å²) in [7, 11) is 0. The second-order valence-corrected chi connectivity index (χ2v) is 6.84. The molecule has 0 aliphatic heterocycles. The lowest BCUT2D eigenvalue weighted by Gasteiger charge is -2.15. The molecule has 0 saturated heterocycles. The summed E-state index contributed by atoms with van der Waals surface area (Å²) in [5.74, 6) is 1.45. The fourth-order valence-electron chi connectivity index (χ4n) is 3.25. The maximum Gasteiger partial charge on any atom is 0.284 e. The molecule has 2 atom stereocenters. The zero-order chi connectivity index (χ0) is 18.6. The SMILES string of the molecule is CCC(C)c1ccccc1OCC(=O)n1nc(C)c(C(C)CC)c1C. The second-order valence-electron chi connectivity index (χ2n) is 6.84. The molecule has 1 heterocycles. The van der Waals surface area contributed by atoms with Crippen LogP contribution in [0.15, 0.2) is 24.3 Å².